The summed E-state index contributed by atoms with van der Waals surface area (Å²) in [5.74, 6) is 0.437. The molecule has 0 spiro atoms. The number of nitrogens with zero attached hydrogens (tertiary/aromatic N) is 2. The molecule has 0 bridgehead atoms. The molecule has 1 unspecified atom stereocenters. The molecule has 1 fully saturated rings. The van der Waals surface area contributed by atoms with Gasteiger partial charge in [-0.3, -0.25) is 29.0 Å². The first kappa shape index (κ1) is 15.7. The summed E-state index contributed by atoms with van der Waals surface area (Å²) in [6.07, 6.45) is 5.37. The Labute approximate surface area is 138 Å². The van der Waals surface area contributed by atoms with Gasteiger partial charge < -0.3 is 4.74 Å². The molecule has 122 valence electrons. The normalized spacial score (nSPS) is 20.2. The Morgan fingerprint density at radius 1 is 1.25 bits per heavy atom. The average Bonchev–Trinajstić information content (AvgIpc) is 2.83. The maximum absolute atomic E-state index is 12.7. The third-order valence-electron chi connectivity index (χ3n) is 4.15. The summed E-state index contributed by atoms with van der Waals surface area (Å²) >= 11 is 0. The lowest BCUT2D eigenvalue weighted by molar-refractivity contribution is -0.149. The molecule has 7 nitrogen and oxygen atoms in total. The summed E-state index contributed by atoms with van der Waals surface area (Å²) in [6.45, 7) is -0.0441. The number of likely N-dealkylation sites (N-methyl/N-ethyl adjacent to an activating group) is 1. The second-order valence-electron chi connectivity index (χ2n) is 5.50. The van der Waals surface area contributed by atoms with Crippen molar-refractivity contribution in [2.75, 3.05) is 13.7 Å². The van der Waals surface area contributed by atoms with Crippen LogP contribution in [0.4, 0.5) is 0 Å². The Morgan fingerprint density at radius 3 is 2.71 bits per heavy atom. The van der Waals surface area contributed by atoms with Crippen LogP contribution < -0.4 is 4.74 Å². The van der Waals surface area contributed by atoms with Crippen LogP contribution in [0, 0.1) is 12.3 Å². The number of rotatable bonds is 3. The topological polar surface area (TPSA) is 84.0 Å². The van der Waals surface area contributed by atoms with Gasteiger partial charge >= 0.3 is 0 Å². The summed E-state index contributed by atoms with van der Waals surface area (Å²) in [5, 5.41) is 0. The van der Waals surface area contributed by atoms with Crippen molar-refractivity contribution in [2.45, 2.75) is 18.9 Å². The molecule has 2 aliphatic heterocycles. The molecule has 1 saturated heterocycles. The molecule has 1 aromatic carbocycles. The maximum atomic E-state index is 12.7. The molecule has 1 aromatic rings. The molecule has 24 heavy (non-hydrogen) atoms. The van der Waals surface area contributed by atoms with E-state index in [0.717, 1.165) is 9.80 Å². The number of likely N-dealkylation sites (tertiary alicyclic amines) is 1. The highest BCUT2D eigenvalue weighted by Crippen LogP contribution is 2.34. The lowest BCUT2D eigenvalue weighted by atomic mass is 10.0. The summed E-state index contributed by atoms with van der Waals surface area (Å²) in [5.41, 5.74) is 0.270. The molecule has 0 aliphatic carbocycles. The number of fused-ring (bicyclic) bond motifs is 1. The number of benzene rings is 1. The van der Waals surface area contributed by atoms with Crippen LogP contribution in [0.1, 0.15) is 33.6 Å². The van der Waals surface area contributed by atoms with E-state index in [0.29, 0.717) is 0 Å². The number of carbonyl (C=O) groups is 4. The van der Waals surface area contributed by atoms with Gasteiger partial charge in [0.2, 0.25) is 5.91 Å². The van der Waals surface area contributed by atoms with Crippen molar-refractivity contribution in [3.8, 4) is 18.1 Å². The molecule has 0 aromatic heterocycles. The van der Waals surface area contributed by atoms with Crippen molar-refractivity contribution in [2.24, 2.45) is 0 Å². The molecule has 2 aliphatic rings. The first-order valence-corrected chi connectivity index (χ1v) is 7.35. The number of hydrogen-bond donors (Lipinski definition) is 0. The van der Waals surface area contributed by atoms with Gasteiger partial charge in [-0.2, -0.15) is 0 Å². The third-order valence-corrected chi connectivity index (χ3v) is 4.15. The van der Waals surface area contributed by atoms with Crippen LogP contribution in [-0.4, -0.2) is 53.1 Å². The third kappa shape index (κ3) is 2.24. The molecule has 4 amide bonds. The Hall–Kier alpha value is -3.14. The molecule has 3 rings (SSSR count). The number of piperidine rings is 1. The van der Waals surface area contributed by atoms with Gasteiger partial charge in [0.1, 0.15) is 18.4 Å². The van der Waals surface area contributed by atoms with Crippen molar-refractivity contribution < 1.29 is 23.9 Å². The zero-order chi connectivity index (χ0) is 17.4. The number of carbonyl (C=O) groups excluding carboxylic acids is 4. The quantitative estimate of drug-likeness (QED) is 0.594. The van der Waals surface area contributed by atoms with Gasteiger partial charge in [-0.1, -0.05) is 12.0 Å². The first-order valence-electron chi connectivity index (χ1n) is 7.35. The van der Waals surface area contributed by atoms with Gasteiger partial charge in [0.15, 0.2) is 0 Å². The lowest BCUT2D eigenvalue weighted by Crippen LogP contribution is -2.54. The zero-order valence-electron chi connectivity index (χ0n) is 12.9. The van der Waals surface area contributed by atoms with Gasteiger partial charge in [-0.25, -0.2) is 0 Å². The predicted octanol–water partition coefficient (Wildman–Crippen LogP) is 0.442. The van der Waals surface area contributed by atoms with E-state index in [-0.39, 0.29) is 42.2 Å². The van der Waals surface area contributed by atoms with Gasteiger partial charge in [0.05, 0.1) is 11.1 Å². The van der Waals surface area contributed by atoms with Crippen LogP contribution in [0.5, 0.6) is 5.75 Å². The highest BCUT2D eigenvalue weighted by Gasteiger charge is 2.47. The van der Waals surface area contributed by atoms with E-state index < -0.39 is 23.8 Å². The number of hydrogen-bond acceptors (Lipinski definition) is 5. The SMILES string of the molecule is C#CCOc1cccc2c1C(=O)N(C1CCC(=O)N(C)C1=O)C2=O. The van der Waals surface area contributed by atoms with E-state index in [1.54, 1.807) is 12.1 Å². The number of imide groups is 2. The van der Waals surface area contributed by atoms with Crippen molar-refractivity contribution >= 4 is 23.6 Å². The van der Waals surface area contributed by atoms with Crippen molar-refractivity contribution in [3.63, 3.8) is 0 Å². The summed E-state index contributed by atoms with van der Waals surface area (Å²) in [6, 6.07) is 3.64. The average molecular weight is 326 g/mol. The fraction of sp³-hybridized carbons (Fsp3) is 0.294. The molecule has 0 N–H and O–H groups in total. The van der Waals surface area contributed by atoms with Crippen LogP contribution in [0.15, 0.2) is 18.2 Å². The van der Waals surface area contributed by atoms with E-state index in [4.69, 9.17) is 11.2 Å². The standard InChI is InChI=1S/C17H14N2O5/c1-3-9-24-12-6-4-5-10-14(12)17(23)19(15(10)21)11-7-8-13(20)18(2)16(11)22/h1,4-6,11H,7-9H2,2H3. The highest BCUT2D eigenvalue weighted by atomic mass is 16.5. The fourth-order valence-corrected chi connectivity index (χ4v) is 2.93. The number of terminal acetylenes is 1. The van der Waals surface area contributed by atoms with Crippen LogP contribution in [0.2, 0.25) is 0 Å². The van der Waals surface area contributed by atoms with E-state index in [2.05, 4.69) is 5.92 Å². The first-order chi connectivity index (χ1) is 11.5. The number of amides is 4. The van der Waals surface area contributed by atoms with E-state index in [9.17, 15) is 19.2 Å². The maximum Gasteiger partial charge on any atom is 0.266 e. The molecule has 7 heteroatoms. The fourth-order valence-electron chi connectivity index (χ4n) is 2.93. The lowest BCUT2D eigenvalue weighted by Gasteiger charge is -2.32. The summed E-state index contributed by atoms with van der Waals surface area (Å²) < 4.78 is 5.33. The van der Waals surface area contributed by atoms with Crippen LogP contribution in [0.25, 0.3) is 0 Å². The van der Waals surface area contributed by atoms with Crippen molar-refractivity contribution in [3.05, 3.63) is 29.3 Å². The van der Waals surface area contributed by atoms with Gasteiger partial charge in [0, 0.05) is 13.5 Å². The van der Waals surface area contributed by atoms with Crippen molar-refractivity contribution in [1.29, 1.82) is 0 Å². The van der Waals surface area contributed by atoms with Crippen LogP contribution in [0.3, 0.4) is 0 Å². The van der Waals surface area contributed by atoms with E-state index in [1.807, 2.05) is 0 Å². The zero-order valence-corrected chi connectivity index (χ0v) is 12.9. The molecule has 0 radical (unpaired) electrons. The molecule has 1 atom stereocenters. The summed E-state index contributed by atoms with van der Waals surface area (Å²) in [4.78, 5) is 51.1. The minimum atomic E-state index is -0.986. The van der Waals surface area contributed by atoms with Gasteiger partial charge in [-0.05, 0) is 18.6 Å². The Morgan fingerprint density at radius 2 is 2.00 bits per heavy atom. The second-order valence-corrected chi connectivity index (χ2v) is 5.50. The van der Waals surface area contributed by atoms with Crippen LogP contribution >= 0.6 is 0 Å². The predicted molar refractivity (Wildman–Crippen MR) is 82.1 cm³/mol. The van der Waals surface area contributed by atoms with Gasteiger partial charge in [0.25, 0.3) is 17.7 Å². The second kappa shape index (κ2) is 5.81. The Kier molecular flexibility index (Phi) is 3.81. The largest absolute Gasteiger partial charge is 0.480 e. The molecular weight excluding hydrogens is 312 g/mol. The number of ether oxygens (including phenoxy) is 1. The smallest absolute Gasteiger partial charge is 0.266 e. The van der Waals surface area contributed by atoms with E-state index >= 15 is 0 Å². The van der Waals surface area contributed by atoms with E-state index in [1.165, 1.54) is 13.1 Å². The van der Waals surface area contributed by atoms with Gasteiger partial charge in [-0.15, -0.1) is 6.42 Å². The summed E-state index contributed by atoms with van der Waals surface area (Å²) in [7, 11) is 1.34. The minimum absolute atomic E-state index is 0.0441. The molecule has 2 heterocycles. The molecule has 0 saturated carbocycles. The Bertz CT molecular complexity index is 808. The highest BCUT2D eigenvalue weighted by molar-refractivity contribution is 6.24. The minimum Gasteiger partial charge on any atom is -0.480 e. The van der Waals surface area contributed by atoms with Crippen LogP contribution in [-0.2, 0) is 9.59 Å². The molecular formula is C17H14N2O5. The monoisotopic (exact) mass is 326 g/mol. The Balaban J connectivity index is 1.97. The van der Waals surface area contributed by atoms with Crippen molar-refractivity contribution in [1.82, 2.24) is 9.80 Å².